The molecule has 0 bridgehead atoms. The van der Waals surface area contributed by atoms with Crippen LogP contribution in [-0.2, 0) is 6.42 Å². The minimum Gasteiger partial charge on any atom is -0.315 e. The summed E-state index contributed by atoms with van der Waals surface area (Å²) in [6.45, 7) is 5.71. The first kappa shape index (κ1) is 15.9. The van der Waals surface area contributed by atoms with E-state index in [0.717, 1.165) is 6.42 Å². The van der Waals surface area contributed by atoms with Gasteiger partial charge in [-0.1, -0.05) is 38.1 Å². The molecular weight excluding hydrogens is 264 g/mol. The van der Waals surface area contributed by atoms with E-state index in [4.69, 9.17) is 0 Å². The molecule has 1 aromatic rings. The maximum atomic E-state index is 3.53. The molecule has 3 heteroatoms. The Labute approximate surface area is 128 Å². The summed E-state index contributed by atoms with van der Waals surface area (Å²) in [4.78, 5) is 2.51. The van der Waals surface area contributed by atoms with Crippen LogP contribution in [0, 0.1) is 0 Å². The highest BCUT2D eigenvalue weighted by Crippen LogP contribution is 2.21. The number of likely N-dealkylation sites (N-methyl/N-ethyl adjacent to an activating group) is 2. The largest absolute Gasteiger partial charge is 0.315 e. The molecule has 112 valence electrons. The lowest BCUT2D eigenvalue weighted by Crippen LogP contribution is -2.52. The van der Waals surface area contributed by atoms with Crippen molar-refractivity contribution in [3.8, 4) is 0 Å². The van der Waals surface area contributed by atoms with Gasteiger partial charge in [0.25, 0.3) is 0 Å². The minimum atomic E-state index is 0.540. The highest BCUT2D eigenvalue weighted by Gasteiger charge is 2.26. The van der Waals surface area contributed by atoms with Gasteiger partial charge in [0.2, 0.25) is 0 Å². The predicted molar refractivity (Wildman–Crippen MR) is 90.8 cm³/mol. The molecule has 2 nitrogen and oxygen atoms in total. The maximum Gasteiger partial charge on any atom is 0.0340 e. The van der Waals surface area contributed by atoms with Crippen LogP contribution in [-0.4, -0.2) is 49.1 Å². The number of nitrogens with zero attached hydrogens (tertiary/aromatic N) is 1. The van der Waals surface area contributed by atoms with Crippen molar-refractivity contribution in [1.29, 1.82) is 0 Å². The summed E-state index contributed by atoms with van der Waals surface area (Å²) in [6, 6.07) is 10.4. The molecule has 20 heavy (non-hydrogen) atoms. The second-order valence-electron chi connectivity index (χ2n) is 6.12. The smallest absolute Gasteiger partial charge is 0.0340 e. The lowest BCUT2D eigenvalue weighted by atomic mass is 9.96. The van der Waals surface area contributed by atoms with Gasteiger partial charge in [-0.3, -0.25) is 0 Å². The molecule has 0 saturated carbocycles. The Balaban J connectivity index is 2.01. The molecule has 0 amide bonds. The first-order chi connectivity index (χ1) is 9.61. The van der Waals surface area contributed by atoms with Crippen LogP contribution in [0.1, 0.15) is 30.9 Å². The lowest BCUT2D eigenvalue weighted by Gasteiger charge is -2.37. The molecule has 1 aliphatic heterocycles. The van der Waals surface area contributed by atoms with Crippen molar-refractivity contribution in [3.63, 3.8) is 0 Å². The lowest BCUT2D eigenvalue weighted by molar-refractivity contribution is 0.219. The molecule has 2 unspecified atom stereocenters. The van der Waals surface area contributed by atoms with Gasteiger partial charge >= 0.3 is 0 Å². The molecule has 1 fully saturated rings. The summed E-state index contributed by atoms with van der Waals surface area (Å²) in [5, 5.41) is 3.53. The van der Waals surface area contributed by atoms with E-state index in [1.165, 1.54) is 29.2 Å². The van der Waals surface area contributed by atoms with Crippen molar-refractivity contribution >= 4 is 11.8 Å². The molecule has 0 radical (unpaired) electrons. The third kappa shape index (κ3) is 4.00. The van der Waals surface area contributed by atoms with Gasteiger partial charge in [0.15, 0.2) is 0 Å². The quantitative estimate of drug-likeness (QED) is 0.898. The molecule has 0 aromatic heterocycles. The highest BCUT2D eigenvalue weighted by atomic mass is 32.2. The normalized spacial score (nSPS) is 22.1. The van der Waals surface area contributed by atoms with Crippen LogP contribution < -0.4 is 5.32 Å². The molecule has 0 aliphatic carbocycles. The summed E-state index contributed by atoms with van der Waals surface area (Å²) >= 11 is 2.09. The van der Waals surface area contributed by atoms with Crippen molar-refractivity contribution in [2.75, 3.05) is 32.1 Å². The zero-order valence-corrected chi connectivity index (χ0v) is 14.0. The molecule has 2 atom stereocenters. The number of nitrogens with one attached hydrogen (secondary N) is 1. The van der Waals surface area contributed by atoms with Crippen molar-refractivity contribution in [2.24, 2.45) is 0 Å². The van der Waals surface area contributed by atoms with Crippen LogP contribution in [0.25, 0.3) is 0 Å². The number of thioether (sulfide) groups is 1. The SMILES string of the molecule is CNC(Cc1ccc(C(C)C)cc1)C1CSCCN1C. The fraction of sp³-hybridized carbons (Fsp3) is 0.647. The first-order valence-electron chi connectivity index (χ1n) is 7.66. The van der Waals surface area contributed by atoms with Crippen molar-refractivity contribution in [3.05, 3.63) is 35.4 Å². The summed E-state index contributed by atoms with van der Waals surface area (Å²) in [6.07, 6.45) is 1.12. The minimum absolute atomic E-state index is 0.540. The molecule has 1 aliphatic rings. The van der Waals surface area contributed by atoms with Crippen molar-refractivity contribution in [2.45, 2.75) is 38.3 Å². The van der Waals surface area contributed by atoms with Gasteiger partial charge < -0.3 is 10.2 Å². The Kier molecular flexibility index (Phi) is 5.94. The number of rotatable bonds is 5. The second kappa shape index (κ2) is 7.48. The van der Waals surface area contributed by atoms with E-state index < -0.39 is 0 Å². The highest BCUT2D eigenvalue weighted by molar-refractivity contribution is 7.99. The summed E-state index contributed by atoms with van der Waals surface area (Å²) in [7, 11) is 4.36. The van der Waals surface area contributed by atoms with Crippen molar-refractivity contribution in [1.82, 2.24) is 10.2 Å². The van der Waals surface area contributed by atoms with Crippen LogP contribution >= 0.6 is 11.8 Å². The van der Waals surface area contributed by atoms with E-state index in [9.17, 15) is 0 Å². The average Bonchev–Trinajstić information content (AvgIpc) is 2.46. The van der Waals surface area contributed by atoms with E-state index in [-0.39, 0.29) is 0 Å². The van der Waals surface area contributed by atoms with E-state index in [0.29, 0.717) is 18.0 Å². The Morgan fingerprint density at radius 3 is 2.55 bits per heavy atom. The Bertz CT molecular complexity index is 402. The monoisotopic (exact) mass is 292 g/mol. The van der Waals surface area contributed by atoms with Gasteiger partial charge in [0.05, 0.1) is 0 Å². The second-order valence-corrected chi connectivity index (χ2v) is 7.27. The summed E-state index contributed by atoms with van der Waals surface area (Å²) in [5.41, 5.74) is 2.87. The Morgan fingerprint density at radius 1 is 1.30 bits per heavy atom. The molecule has 2 rings (SSSR count). The first-order valence-corrected chi connectivity index (χ1v) is 8.81. The van der Waals surface area contributed by atoms with Gasteiger partial charge in [-0.05, 0) is 37.6 Å². The third-order valence-electron chi connectivity index (χ3n) is 4.38. The fourth-order valence-electron chi connectivity index (χ4n) is 2.85. The molecular formula is C17H28N2S. The van der Waals surface area contributed by atoms with Crippen LogP contribution in [0.2, 0.25) is 0 Å². The number of hydrogen-bond acceptors (Lipinski definition) is 3. The molecule has 0 spiro atoms. The zero-order chi connectivity index (χ0) is 14.5. The van der Waals surface area contributed by atoms with E-state index in [1.807, 2.05) is 0 Å². The van der Waals surface area contributed by atoms with E-state index in [1.54, 1.807) is 0 Å². The molecule has 1 N–H and O–H groups in total. The van der Waals surface area contributed by atoms with E-state index >= 15 is 0 Å². The molecule has 1 aromatic carbocycles. The number of benzene rings is 1. The van der Waals surface area contributed by atoms with Gasteiger partial charge in [-0.15, -0.1) is 0 Å². The molecule has 1 heterocycles. The van der Waals surface area contributed by atoms with Crippen LogP contribution in [0.5, 0.6) is 0 Å². The van der Waals surface area contributed by atoms with E-state index in [2.05, 4.69) is 74.2 Å². The maximum absolute atomic E-state index is 3.53. The van der Waals surface area contributed by atoms with Crippen LogP contribution in [0.15, 0.2) is 24.3 Å². The zero-order valence-electron chi connectivity index (χ0n) is 13.2. The average molecular weight is 292 g/mol. The predicted octanol–water partition coefficient (Wildman–Crippen LogP) is 2.99. The van der Waals surface area contributed by atoms with Gasteiger partial charge in [-0.2, -0.15) is 11.8 Å². The standard InChI is InChI=1S/C17H28N2S/c1-13(2)15-7-5-14(6-8-15)11-16(18-3)17-12-20-10-9-19(17)4/h5-8,13,16-18H,9-12H2,1-4H3. The summed E-state index contributed by atoms with van der Waals surface area (Å²) < 4.78 is 0. The fourth-order valence-corrected chi connectivity index (χ4v) is 4.16. The van der Waals surface area contributed by atoms with Gasteiger partial charge in [0.1, 0.15) is 0 Å². The Morgan fingerprint density at radius 2 is 2.00 bits per heavy atom. The topological polar surface area (TPSA) is 15.3 Å². The van der Waals surface area contributed by atoms with Gasteiger partial charge in [0, 0.05) is 30.1 Å². The van der Waals surface area contributed by atoms with Crippen LogP contribution in [0.3, 0.4) is 0 Å². The summed E-state index contributed by atoms with van der Waals surface area (Å²) in [5.74, 6) is 3.13. The van der Waals surface area contributed by atoms with Crippen molar-refractivity contribution < 1.29 is 0 Å². The van der Waals surface area contributed by atoms with Gasteiger partial charge in [-0.25, -0.2) is 0 Å². The molecule has 1 saturated heterocycles. The Hall–Kier alpha value is -0.510. The van der Waals surface area contributed by atoms with Crippen LogP contribution in [0.4, 0.5) is 0 Å². The third-order valence-corrected chi connectivity index (χ3v) is 5.43. The number of hydrogen-bond donors (Lipinski definition) is 1.